The van der Waals surface area contributed by atoms with E-state index in [1.807, 2.05) is 31.2 Å². The van der Waals surface area contributed by atoms with Crippen molar-refractivity contribution in [2.45, 2.75) is 20.8 Å². The summed E-state index contributed by atoms with van der Waals surface area (Å²) in [5, 5.41) is 10.3. The van der Waals surface area contributed by atoms with Crippen LogP contribution in [0.2, 0.25) is 5.02 Å². The van der Waals surface area contributed by atoms with Crippen molar-refractivity contribution in [3.05, 3.63) is 70.4 Å². The predicted octanol–water partition coefficient (Wildman–Crippen LogP) is 5.37. The third kappa shape index (κ3) is 4.27. The second-order valence-electron chi connectivity index (χ2n) is 7.20. The molecule has 4 aromatic rings. The molecule has 0 aliphatic heterocycles. The largest absolute Gasteiger partial charge is 0.335 e. The van der Waals surface area contributed by atoms with E-state index in [1.54, 1.807) is 31.2 Å². The van der Waals surface area contributed by atoms with Crippen molar-refractivity contribution in [1.82, 2.24) is 10.1 Å². The Bertz CT molecular complexity index is 1310. The summed E-state index contributed by atoms with van der Waals surface area (Å²) in [6.45, 7) is 5.16. The lowest BCUT2D eigenvalue weighted by Crippen LogP contribution is -2.13. The number of nitrogens with one attached hydrogen (secondary N) is 2. The highest BCUT2D eigenvalue weighted by Gasteiger charge is 2.20. The molecule has 0 aliphatic rings. The zero-order valence-electron chi connectivity index (χ0n) is 17.1. The molecule has 7 nitrogen and oxygen atoms in total. The molecule has 0 aliphatic carbocycles. The van der Waals surface area contributed by atoms with Gasteiger partial charge in [-0.2, -0.15) is 0 Å². The molecule has 0 saturated carbocycles. The summed E-state index contributed by atoms with van der Waals surface area (Å²) in [5.74, 6) is -0.583. The van der Waals surface area contributed by atoms with E-state index in [0.29, 0.717) is 44.4 Å². The van der Waals surface area contributed by atoms with E-state index in [2.05, 4.69) is 20.8 Å². The minimum absolute atomic E-state index is 0.232. The van der Waals surface area contributed by atoms with Gasteiger partial charge in [0.05, 0.1) is 33.0 Å². The normalized spacial score (nSPS) is 10.8. The average Bonchev–Trinajstić information content (AvgIpc) is 3.10. The highest BCUT2D eigenvalue weighted by atomic mass is 35.5. The minimum Gasteiger partial charge on any atom is -0.335 e. The van der Waals surface area contributed by atoms with Crippen molar-refractivity contribution in [2.24, 2.45) is 0 Å². The van der Waals surface area contributed by atoms with Crippen LogP contribution < -0.4 is 10.6 Å². The predicted molar refractivity (Wildman–Crippen MR) is 120 cm³/mol. The van der Waals surface area contributed by atoms with Crippen LogP contribution in [0, 0.1) is 13.8 Å². The molecular weight excluding hydrogens is 416 g/mol. The Hall–Kier alpha value is -3.71. The van der Waals surface area contributed by atoms with Gasteiger partial charge in [0.15, 0.2) is 0 Å². The topological polar surface area (TPSA) is 97.1 Å². The zero-order valence-corrected chi connectivity index (χ0v) is 17.9. The Morgan fingerprint density at radius 2 is 1.74 bits per heavy atom. The molecule has 2 aromatic carbocycles. The minimum atomic E-state index is -0.351. The standard InChI is InChI=1S/C23H19ClN4O3/c1-12-4-6-15(7-5-12)20-11-17(21-13(2)28-31-23(21)27-20)22(30)26-16-8-9-19(18(24)10-16)25-14(3)29/h4-11H,1-3H3,(H,25,29)(H,26,30). The van der Waals surface area contributed by atoms with Crippen LogP contribution in [0.15, 0.2) is 53.1 Å². The first-order valence-electron chi connectivity index (χ1n) is 9.54. The Balaban J connectivity index is 1.72. The van der Waals surface area contributed by atoms with Gasteiger partial charge >= 0.3 is 0 Å². The van der Waals surface area contributed by atoms with Crippen LogP contribution in [-0.4, -0.2) is 22.0 Å². The van der Waals surface area contributed by atoms with E-state index in [4.69, 9.17) is 16.1 Å². The summed E-state index contributed by atoms with van der Waals surface area (Å²) >= 11 is 6.22. The number of anilines is 2. The van der Waals surface area contributed by atoms with Crippen molar-refractivity contribution >= 4 is 45.9 Å². The number of amides is 2. The van der Waals surface area contributed by atoms with Gasteiger partial charge in [-0.1, -0.05) is 46.6 Å². The summed E-state index contributed by atoms with van der Waals surface area (Å²) in [6, 6.07) is 14.4. The lowest BCUT2D eigenvalue weighted by Gasteiger charge is -2.11. The van der Waals surface area contributed by atoms with E-state index in [9.17, 15) is 9.59 Å². The molecule has 0 radical (unpaired) electrons. The lowest BCUT2D eigenvalue weighted by atomic mass is 10.0. The monoisotopic (exact) mass is 434 g/mol. The number of aryl methyl sites for hydroxylation is 2. The molecule has 0 unspecified atom stereocenters. The first-order chi connectivity index (χ1) is 14.8. The van der Waals surface area contributed by atoms with Gasteiger partial charge in [-0.25, -0.2) is 4.98 Å². The SMILES string of the molecule is CC(=O)Nc1ccc(NC(=O)c2cc(-c3ccc(C)cc3)nc3onc(C)c23)cc1Cl. The molecular formula is C23H19ClN4O3. The molecule has 0 saturated heterocycles. The van der Waals surface area contributed by atoms with Crippen LogP contribution >= 0.6 is 11.6 Å². The molecule has 31 heavy (non-hydrogen) atoms. The number of nitrogens with zero attached hydrogens (tertiary/aromatic N) is 2. The molecule has 2 N–H and O–H groups in total. The molecule has 2 aromatic heterocycles. The maximum Gasteiger partial charge on any atom is 0.259 e. The van der Waals surface area contributed by atoms with Crippen LogP contribution in [0.5, 0.6) is 0 Å². The number of carbonyl (C=O) groups excluding carboxylic acids is 2. The van der Waals surface area contributed by atoms with Gasteiger partial charge in [-0.05, 0) is 38.1 Å². The molecule has 0 fully saturated rings. The van der Waals surface area contributed by atoms with Crippen LogP contribution in [0.25, 0.3) is 22.4 Å². The molecule has 156 valence electrons. The number of fused-ring (bicyclic) bond motifs is 1. The van der Waals surface area contributed by atoms with Crippen molar-refractivity contribution in [1.29, 1.82) is 0 Å². The number of aromatic nitrogens is 2. The summed E-state index contributed by atoms with van der Waals surface area (Å²) in [7, 11) is 0. The fourth-order valence-electron chi connectivity index (χ4n) is 3.23. The first-order valence-corrected chi connectivity index (χ1v) is 9.92. The molecule has 4 rings (SSSR count). The van der Waals surface area contributed by atoms with Gasteiger partial charge in [0.1, 0.15) is 0 Å². The van der Waals surface area contributed by atoms with Gasteiger partial charge in [-0.3, -0.25) is 9.59 Å². The van der Waals surface area contributed by atoms with E-state index in [0.717, 1.165) is 11.1 Å². The van der Waals surface area contributed by atoms with Crippen LogP contribution in [-0.2, 0) is 4.79 Å². The van der Waals surface area contributed by atoms with Crippen molar-refractivity contribution < 1.29 is 14.1 Å². The molecule has 0 atom stereocenters. The molecule has 2 amide bonds. The summed E-state index contributed by atoms with van der Waals surface area (Å²) in [5.41, 5.74) is 4.79. The molecule has 0 bridgehead atoms. The molecule has 8 heteroatoms. The fraction of sp³-hybridized carbons (Fsp3) is 0.130. The van der Waals surface area contributed by atoms with Crippen molar-refractivity contribution in [3.8, 4) is 11.3 Å². The van der Waals surface area contributed by atoms with Crippen molar-refractivity contribution in [3.63, 3.8) is 0 Å². The number of rotatable bonds is 4. The van der Waals surface area contributed by atoms with Crippen LogP contribution in [0.3, 0.4) is 0 Å². The maximum atomic E-state index is 13.2. The number of halogens is 1. The third-order valence-electron chi connectivity index (χ3n) is 4.75. The van der Waals surface area contributed by atoms with E-state index < -0.39 is 0 Å². The third-order valence-corrected chi connectivity index (χ3v) is 5.06. The number of hydrogen-bond acceptors (Lipinski definition) is 5. The van der Waals surface area contributed by atoms with Gasteiger partial charge in [-0.15, -0.1) is 0 Å². The smallest absolute Gasteiger partial charge is 0.259 e. The maximum absolute atomic E-state index is 13.2. The van der Waals surface area contributed by atoms with Crippen molar-refractivity contribution in [2.75, 3.05) is 10.6 Å². The Labute approximate surface area is 183 Å². The van der Waals surface area contributed by atoms with E-state index in [-0.39, 0.29) is 11.8 Å². The second-order valence-corrected chi connectivity index (χ2v) is 7.61. The Morgan fingerprint density at radius 3 is 2.42 bits per heavy atom. The number of carbonyl (C=O) groups is 2. The van der Waals surface area contributed by atoms with E-state index in [1.165, 1.54) is 6.92 Å². The van der Waals surface area contributed by atoms with Gasteiger partial charge in [0, 0.05) is 18.2 Å². The van der Waals surface area contributed by atoms with Gasteiger partial charge in [0.2, 0.25) is 5.91 Å². The number of pyridine rings is 1. The fourth-order valence-corrected chi connectivity index (χ4v) is 3.46. The molecule has 2 heterocycles. The lowest BCUT2D eigenvalue weighted by molar-refractivity contribution is -0.114. The van der Waals surface area contributed by atoms with Gasteiger partial charge < -0.3 is 15.2 Å². The zero-order chi connectivity index (χ0) is 22.1. The number of hydrogen-bond donors (Lipinski definition) is 2. The van der Waals surface area contributed by atoms with E-state index >= 15 is 0 Å². The Morgan fingerprint density at radius 1 is 1.00 bits per heavy atom. The molecule has 0 spiro atoms. The highest BCUT2D eigenvalue weighted by Crippen LogP contribution is 2.29. The average molecular weight is 435 g/mol. The van der Waals surface area contributed by atoms with Crippen LogP contribution in [0.1, 0.15) is 28.5 Å². The van der Waals surface area contributed by atoms with Gasteiger partial charge in [0.25, 0.3) is 11.6 Å². The quantitative estimate of drug-likeness (QED) is 0.450. The highest BCUT2D eigenvalue weighted by molar-refractivity contribution is 6.34. The van der Waals surface area contributed by atoms with Crippen LogP contribution in [0.4, 0.5) is 11.4 Å². The summed E-state index contributed by atoms with van der Waals surface area (Å²) < 4.78 is 5.34. The summed E-state index contributed by atoms with van der Waals surface area (Å²) in [4.78, 5) is 28.9. The number of benzene rings is 2. The first kappa shape index (κ1) is 20.6. The Kier molecular flexibility index (Phi) is 5.44. The summed E-state index contributed by atoms with van der Waals surface area (Å²) in [6.07, 6.45) is 0. The second kappa shape index (κ2) is 8.20.